The van der Waals surface area contributed by atoms with Gasteiger partial charge in [-0.15, -0.1) is 0 Å². The highest BCUT2D eigenvalue weighted by Gasteiger charge is 2.22. The van der Waals surface area contributed by atoms with Crippen molar-refractivity contribution >= 4 is 5.91 Å². The Morgan fingerprint density at radius 2 is 1.55 bits per heavy atom. The van der Waals surface area contributed by atoms with E-state index in [1.807, 2.05) is 42.5 Å². The van der Waals surface area contributed by atoms with E-state index in [1.54, 1.807) is 0 Å². The van der Waals surface area contributed by atoms with Crippen LogP contribution in [-0.4, -0.2) is 29.7 Å². The highest BCUT2D eigenvalue weighted by molar-refractivity contribution is 5.79. The van der Waals surface area contributed by atoms with Crippen molar-refractivity contribution in [1.82, 2.24) is 10.6 Å². The molecule has 0 aliphatic rings. The molecule has 0 saturated carbocycles. The first kappa shape index (κ1) is 24.6. The highest BCUT2D eigenvalue weighted by atomic mass is 19.1. The number of aliphatic hydroxyl groups is 1. The Hall–Kier alpha value is -3.09. The maximum atomic E-state index is 13.7. The number of carbonyl (C=O) groups excluding carboxylic acids is 1. The number of rotatable bonds is 11. The second-order valence-corrected chi connectivity index (χ2v) is 8.19. The van der Waals surface area contributed by atoms with Crippen molar-refractivity contribution in [3.05, 3.63) is 107 Å². The maximum absolute atomic E-state index is 13.7. The topological polar surface area (TPSA) is 61.4 Å². The third-order valence-corrected chi connectivity index (χ3v) is 5.48. The zero-order valence-electron chi connectivity index (χ0n) is 18.7. The Balaban J connectivity index is 1.65. The van der Waals surface area contributed by atoms with Gasteiger partial charge in [0.1, 0.15) is 11.6 Å². The molecule has 2 atom stereocenters. The lowest BCUT2D eigenvalue weighted by atomic mass is 10.00. The van der Waals surface area contributed by atoms with Crippen LogP contribution in [-0.2, 0) is 30.6 Å². The lowest BCUT2D eigenvalue weighted by molar-refractivity contribution is -0.122. The second kappa shape index (κ2) is 12.2. The molecule has 0 heterocycles. The number of nitrogens with one attached hydrogen (secondary N) is 2. The molecule has 0 aromatic heterocycles. The van der Waals surface area contributed by atoms with Gasteiger partial charge in [0.05, 0.1) is 18.6 Å². The lowest BCUT2D eigenvalue weighted by Gasteiger charge is -2.25. The molecule has 6 heteroatoms. The first-order valence-electron chi connectivity index (χ1n) is 11.2. The van der Waals surface area contributed by atoms with E-state index in [-0.39, 0.29) is 25.3 Å². The van der Waals surface area contributed by atoms with Gasteiger partial charge in [-0.05, 0) is 47.2 Å². The zero-order chi connectivity index (χ0) is 23.6. The molecule has 3 aromatic rings. The van der Waals surface area contributed by atoms with E-state index in [0.29, 0.717) is 12.1 Å². The molecule has 0 spiro atoms. The number of hydrogen-bond donors (Lipinski definition) is 3. The molecule has 0 aliphatic heterocycles. The van der Waals surface area contributed by atoms with Gasteiger partial charge >= 0.3 is 0 Å². The van der Waals surface area contributed by atoms with Gasteiger partial charge in [-0.3, -0.25) is 4.79 Å². The van der Waals surface area contributed by atoms with Gasteiger partial charge in [-0.2, -0.15) is 0 Å². The smallest absolute Gasteiger partial charge is 0.224 e. The first-order chi connectivity index (χ1) is 15.9. The van der Waals surface area contributed by atoms with Gasteiger partial charge in [0, 0.05) is 19.2 Å². The second-order valence-electron chi connectivity index (χ2n) is 8.19. The van der Waals surface area contributed by atoms with Crippen molar-refractivity contribution < 1.29 is 18.7 Å². The number of aliphatic hydroxyl groups excluding tert-OH is 1. The molecule has 0 radical (unpaired) electrons. The summed E-state index contributed by atoms with van der Waals surface area (Å²) in [6.45, 7) is 2.86. The third-order valence-electron chi connectivity index (χ3n) is 5.48. The molecule has 174 valence electrons. The van der Waals surface area contributed by atoms with Crippen LogP contribution in [0.1, 0.15) is 29.2 Å². The normalized spacial score (nSPS) is 12.8. The predicted octanol–water partition coefficient (Wildman–Crippen LogP) is 3.95. The fraction of sp³-hybridized carbons (Fsp3) is 0.296. The van der Waals surface area contributed by atoms with E-state index in [0.717, 1.165) is 23.6 Å². The van der Waals surface area contributed by atoms with Crippen LogP contribution in [0.5, 0.6) is 0 Å². The molecule has 0 unspecified atom stereocenters. The van der Waals surface area contributed by atoms with Gasteiger partial charge in [-0.1, -0.05) is 61.5 Å². The fourth-order valence-electron chi connectivity index (χ4n) is 3.77. The fourth-order valence-corrected chi connectivity index (χ4v) is 3.77. The maximum Gasteiger partial charge on any atom is 0.224 e. The summed E-state index contributed by atoms with van der Waals surface area (Å²) in [5.74, 6) is -1.65. The minimum Gasteiger partial charge on any atom is -0.390 e. The van der Waals surface area contributed by atoms with Crippen LogP contribution in [0.25, 0.3) is 0 Å². The van der Waals surface area contributed by atoms with E-state index in [2.05, 4.69) is 29.7 Å². The molecule has 33 heavy (non-hydrogen) atoms. The van der Waals surface area contributed by atoms with Crippen LogP contribution in [0, 0.1) is 11.6 Å². The largest absolute Gasteiger partial charge is 0.390 e. The summed E-state index contributed by atoms with van der Waals surface area (Å²) in [6.07, 6.45) is 0.239. The van der Waals surface area contributed by atoms with Crippen LogP contribution in [0.15, 0.2) is 72.8 Å². The zero-order valence-corrected chi connectivity index (χ0v) is 18.7. The van der Waals surface area contributed by atoms with Crippen LogP contribution >= 0.6 is 0 Å². The number of aryl methyl sites for hydroxylation is 1. The van der Waals surface area contributed by atoms with Gasteiger partial charge in [0.2, 0.25) is 5.91 Å². The Labute approximate surface area is 193 Å². The predicted molar refractivity (Wildman–Crippen MR) is 126 cm³/mol. The van der Waals surface area contributed by atoms with Crippen LogP contribution in [0.2, 0.25) is 0 Å². The molecule has 1 amide bonds. The van der Waals surface area contributed by atoms with Crippen LogP contribution < -0.4 is 10.6 Å². The summed E-state index contributed by atoms with van der Waals surface area (Å²) in [7, 11) is 0. The van der Waals surface area contributed by atoms with Crippen molar-refractivity contribution in [3.8, 4) is 0 Å². The number of benzene rings is 3. The van der Waals surface area contributed by atoms with Gasteiger partial charge < -0.3 is 15.7 Å². The van der Waals surface area contributed by atoms with Crippen molar-refractivity contribution in [2.24, 2.45) is 0 Å². The van der Waals surface area contributed by atoms with E-state index >= 15 is 0 Å². The monoisotopic (exact) mass is 452 g/mol. The van der Waals surface area contributed by atoms with Gasteiger partial charge in [0.15, 0.2) is 0 Å². The summed E-state index contributed by atoms with van der Waals surface area (Å²) < 4.78 is 27.4. The molecular formula is C27H30F2N2O2. The summed E-state index contributed by atoms with van der Waals surface area (Å²) in [6, 6.07) is 20.0. The molecule has 0 aliphatic carbocycles. The number of halogens is 2. The number of hydrogen-bond acceptors (Lipinski definition) is 3. The van der Waals surface area contributed by atoms with Crippen molar-refractivity contribution in [1.29, 1.82) is 0 Å². The van der Waals surface area contributed by atoms with Gasteiger partial charge in [-0.25, -0.2) is 8.78 Å². The molecule has 3 rings (SSSR count). The Kier molecular flexibility index (Phi) is 9.10. The van der Waals surface area contributed by atoms with E-state index in [1.165, 1.54) is 17.7 Å². The van der Waals surface area contributed by atoms with Crippen molar-refractivity contribution in [3.63, 3.8) is 0 Å². The van der Waals surface area contributed by atoms with Crippen molar-refractivity contribution in [2.75, 3.05) is 6.54 Å². The summed E-state index contributed by atoms with van der Waals surface area (Å²) in [5.41, 5.74) is 3.54. The SMILES string of the molecule is CCc1cccc(CNC[C@H](O)[C@H](Cc2cc(F)cc(F)c2)NC(=O)Cc2ccccc2)c1. The molecule has 4 nitrogen and oxygen atoms in total. The minimum absolute atomic E-state index is 0.101. The molecule has 0 fully saturated rings. The molecule has 3 N–H and O–H groups in total. The highest BCUT2D eigenvalue weighted by Crippen LogP contribution is 2.13. The van der Waals surface area contributed by atoms with E-state index in [9.17, 15) is 18.7 Å². The van der Waals surface area contributed by atoms with Crippen LogP contribution in [0.4, 0.5) is 8.78 Å². The third kappa shape index (κ3) is 8.08. The number of amides is 1. The Morgan fingerprint density at radius 3 is 2.24 bits per heavy atom. The summed E-state index contributed by atoms with van der Waals surface area (Å²) in [4.78, 5) is 12.6. The summed E-state index contributed by atoms with van der Waals surface area (Å²) in [5, 5.41) is 16.9. The van der Waals surface area contributed by atoms with E-state index < -0.39 is 23.8 Å². The van der Waals surface area contributed by atoms with Gasteiger partial charge in [0.25, 0.3) is 0 Å². The molecule has 3 aromatic carbocycles. The molecular weight excluding hydrogens is 422 g/mol. The number of carbonyl (C=O) groups is 1. The first-order valence-corrected chi connectivity index (χ1v) is 11.2. The average molecular weight is 453 g/mol. The average Bonchev–Trinajstić information content (AvgIpc) is 2.78. The molecule has 0 saturated heterocycles. The Bertz CT molecular complexity index is 1020. The quantitative estimate of drug-likeness (QED) is 0.413. The van der Waals surface area contributed by atoms with Crippen molar-refractivity contribution in [2.45, 2.75) is 44.9 Å². The lowest BCUT2D eigenvalue weighted by Crippen LogP contribution is -2.49. The minimum atomic E-state index is -0.953. The molecule has 0 bridgehead atoms. The Morgan fingerprint density at radius 1 is 0.879 bits per heavy atom. The van der Waals surface area contributed by atoms with Crippen LogP contribution in [0.3, 0.4) is 0 Å². The summed E-state index contributed by atoms with van der Waals surface area (Å²) >= 11 is 0. The standard InChI is InChI=1S/C27H30F2N2O2/c1-2-19-9-6-10-21(11-19)17-30-18-26(32)25(14-22-12-23(28)16-24(29)13-22)31-27(33)15-20-7-4-3-5-8-20/h3-13,16,25-26,30,32H,2,14-15,17-18H2,1H3,(H,31,33)/t25-,26-/m0/s1. The van der Waals surface area contributed by atoms with E-state index in [4.69, 9.17) is 0 Å².